The molecule has 1 amide bonds. The molecule has 2 N–H and O–H groups in total. The summed E-state index contributed by atoms with van der Waals surface area (Å²) >= 11 is 0. The first-order valence-corrected chi connectivity index (χ1v) is 10.3. The van der Waals surface area contributed by atoms with Gasteiger partial charge in [0.2, 0.25) is 5.91 Å². The number of ether oxygens (including phenoxy) is 4. The van der Waals surface area contributed by atoms with Crippen LogP contribution in [0, 0.1) is 0 Å². The Balaban J connectivity index is 2.08. The van der Waals surface area contributed by atoms with Gasteiger partial charge in [0, 0.05) is 34.1 Å². The molecule has 0 aliphatic carbocycles. The summed E-state index contributed by atoms with van der Waals surface area (Å²) in [6.45, 7) is 4.18. The van der Waals surface area contributed by atoms with Crippen LogP contribution in [-0.4, -0.2) is 79.5 Å². The maximum Gasteiger partial charge on any atom is 0.303 e. The standard InChI is InChI=1S/C20H25N5O9/c1-9(27)24-19-16-20(22-7-21-19)25(8-23-16)15-5-13(31-10(2)28)17(32-11(3)29)18(33-12(4)30)14(6-26)34-15/h7-8,13-15,17-18,26H,5-6H2,1-4H3,(H,21,22,24,27)/t13-,14+,15+,17-,18+/m0/s1. The average molecular weight is 479 g/mol. The van der Waals surface area contributed by atoms with E-state index in [1.54, 1.807) is 0 Å². The van der Waals surface area contributed by atoms with Crippen molar-refractivity contribution in [3.8, 4) is 0 Å². The molecule has 1 aliphatic rings. The van der Waals surface area contributed by atoms with Crippen molar-refractivity contribution in [1.29, 1.82) is 0 Å². The minimum Gasteiger partial charge on any atom is -0.458 e. The number of nitrogens with zero attached hydrogens (tertiary/aromatic N) is 4. The summed E-state index contributed by atoms with van der Waals surface area (Å²) in [6.07, 6.45) is -3.23. The first kappa shape index (κ1) is 25.0. The lowest BCUT2D eigenvalue weighted by molar-refractivity contribution is -0.191. The van der Waals surface area contributed by atoms with Gasteiger partial charge in [-0.25, -0.2) is 15.0 Å². The van der Waals surface area contributed by atoms with E-state index in [2.05, 4.69) is 20.3 Å². The number of aliphatic hydroxyl groups is 1. The number of esters is 3. The van der Waals surface area contributed by atoms with E-state index in [0.29, 0.717) is 0 Å². The van der Waals surface area contributed by atoms with Gasteiger partial charge in [-0.2, -0.15) is 0 Å². The third kappa shape index (κ3) is 5.63. The van der Waals surface area contributed by atoms with Crippen LogP contribution in [0.4, 0.5) is 5.82 Å². The fourth-order valence-corrected chi connectivity index (χ4v) is 3.74. The van der Waals surface area contributed by atoms with Crippen molar-refractivity contribution in [3.63, 3.8) is 0 Å². The van der Waals surface area contributed by atoms with Crippen molar-refractivity contribution in [2.45, 2.75) is 64.8 Å². The zero-order valence-electron chi connectivity index (χ0n) is 19.0. The topological polar surface area (TPSA) is 181 Å². The van der Waals surface area contributed by atoms with Gasteiger partial charge in [-0.05, 0) is 0 Å². The van der Waals surface area contributed by atoms with Crippen LogP contribution >= 0.6 is 0 Å². The Morgan fingerprint density at radius 2 is 1.68 bits per heavy atom. The van der Waals surface area contributed by atoms with E-state index in [1.165, 1.54) is 31.1 Å². The second-order valence-corrected chi connectivity index (χ2v) is 7.57. The number of fused-ring (bicyclic) bond motifs is 1. The minimum atomic E-state index is -1.28. The number of imidazole rings is 1. The summed E-state index contributed by atoms with van der Waals surface area (Å²) in [5, 5.41) is 12.6. The molecule has 2 aromatic rings. The van der Waals surface area contributed by atoms with E-state index in [0.717, 1.165) is 13.8 Å². The van der Waals surface area contributed by atoms with E-state index >= 15 is 0 Å². The van der Waals surface area contributed by atoms with Crippen LogP contribution in [0.15, 0.2) is 12.7 Å². The molecule has 2 aromatic heterocycles. The highest BCUT2D eigenvalue weighted by Gasteiger charge is 2.47. The predicted molar refractivity (Wildman–Crippen MR) is 112 cm³/mol. The maximum absolute atomic E-state index is 11.8. The highest BCUT2D eigenvalue weighted by atomic mass is 16.6. The molecule has 3 rings (SSSR count). The summed E-state index contributed by atoms with van der Waals surface area (Å²) in [5.74, 6) is -2.28. The lowest BCUT2D eigenvalue weighted by Gasteiger charge is -2.31. The van der Waals surface area contributed by atoms with Crippen molar-refractivity contribution in [3.05, 3.63) is 12.7 Å². The third-order valence-electron chi connectivity index (χ3n) is 4.89. The average Bonchev–Trinajstić information content (AvgIpc) is 3.12. The SMILES string of the molecule is CC(=O)Nc1ncnc2c1ncn2[C@H]1C[C@H](OC(C)=O)[C@H](OC(C)=O)[C@H](OC(C)=O)[C@@H](CO)O1. The Bertz CT molecular complexity index is 1090. The molecule has 0 unspecified atom stereocenters. The highest BCUT2D eigenvalue weighted by Crippen LogP contribution is 2.34. The van der Waals surface area contributed by atoms with E-state index in [1.807, 2.05) is 0 Å². The molecule has 0 spiro atoms. The molecule has 1 saturated heterocycles. The molecular weight excluding hydrogens is 454 g/mol. The van der Waals surface area contributed by atoms with Crippen LogP contribution in [0.1, 0.15) is 40.3 Å². The van der Waals surface area contributed by atoms with Gasteiger partial charge in [0.05, 0.1) is 12.9 Å². The molecule has 34 heavy (non-hydrogen) atoms. The van der Waals surface area contributed by atoms with Gasteiger partial charge in [-0.3, -0.25) is 23.7 Å². The zero-order valence-corrected chi connectivity index (χ0v) is 19.0. The summed E-state index contributed by atoms with van der Waals surface area (Å²) in [4.78, 5) is 59.4. The fourth-order valence-electron chi connectivity index (χ4n) is 3.74. The number of carbonyl (C=O) groups is 4. The minimum absolute atomic E-state index is 0.0727. The molecule has 1 aliphatic heterocycles. The van der Waals surface area contributed by atoms with Crippen LogP contribution in [0.2, 0.25) is 0 Å². The summed E-state index contributed by atoms with van der Waals surface area (Å²) in [7, 11) is 0. The Morgan fingerprint density at radius 1 is 1.03 bits per heavy atom. The Labute approximate surface area is 193 Å². The van der Waals surface area contributed by atoms with Gasteiger partial charge in [0.15, 0.2) is 29.2 Å². The van der Waals surface area contributed by atoms with Crippen molar-refractivity contribution in [2.24, 2.45) is 0 Å². The predicted octanol–water partition coefficient (Wildman–Crippen LogP) is -0.140. The van der Waals surface area contributed by atoms with Gasteiger partial charge in [0.1, 0.15) is 24.8 Å². The van der Waals surface area contributed by atoms with Crippen molar-refractivity contribution >= 4 is 40.8 Å². The Morgan fingerprint density at radius 3 is 2.26 bits per heavy atom. The molecule has 14 nitrogen and oxygen atoms in total. The van der Waals surface area contributed by atoms with Crippen molar-refractivity contribution < 1.29 is 43.2 Å². The maximum atomic E-state index is 11.8. The summed E-state index contributed by atoms with van der Waals surface area (Å²) in [6, 6.07) is 0. The van der Waals surface area contributed by atoms with Crippen LogP contribution in [0.5, 0.6) is 0 Å². The lowest BCUT2D eigenvalue weighted by Crippen LogP contribution is -2.50. The molecular formula is C20H25N5O9. The van der Waals surface area contributed by atoms with E-state index in [4.69, 9.17) is 18.9 Å². The number of hydrogen-bond acceptors (Lipinski definition) is 12. The number of nitrogens with one attached hydrogen (secondary N) is 1. The van der Waals surface area contributed by atoms with Crippen LogP contribution in [0.3, 0.4) is 0 Å². The molecule has 184 valence electrons. The van der Waals surface area contributed by atoms with Gasteiger partial charge >= 0.3 is 17.9 Å². The van der Waals surface area contributed by atoms with E-state index in [-0.39, 0.29) is 29.3 Å². The van der Waals surface area contributed by atoms with Crippen LogP contribution in [0.25, 0.3) is 11.2 Å². The third-order valence-corrected chi connectivity index (χ3v) is 4.89. The quantitative estimate of drug-likeness (QED) is 0.414. The number of anilines is 1. The zero-order chi connectivity index (χ0) is 25.0. The highest BCUT2D eigenvalue weighted by molar-refractivity contribution is 5.95. The number of hydrogen-bond donors (Lipinski definition) is 2. The first-order valence-electron chi connectivity index (χ1n) is 10.3. The van der Waals surface area contributed by atoms with E-state index < -0.39 is 55.2 Å². The first-order chi connectivity index (χ1) is 16.1. The Kier molecular flexibility index (Phi) is 7.73. The largest absolute Gasteiger partial charge is 0.458 e. The normalized spacial score (nSPS) is 24.7. The number of aliphatic hydroxyl groups excluding tert-OH is 1. The van der Waals surface area contributed by atoms with Gasteiger partial charge in [-0.1, -0.05) is 0 Å². The summed E-state index contributed by atoms with van der Waals surface area (Å²) < 4.78 is 23.6. The second-order valence-electron chi connectivity index (χ2n) is 7.57. The van der Waals surface area contributed by atoms with Crippen LogP contribution in [-0.2, 0) is 38.1 Å². The molecule has 1 fully saturated rings. The van der Waals surface area contributed by atoms with E-state index in [9.17, 15) is 24.3 Å². The Hall–Kier alpha value is -3.65. The smallest absolute Gasteiger partial charge is 0.303 e. The molecule has 3 heterocycles. The molecule has 0 radical (unpaired) electrons. The second kappa shape index (κ2) is 10.5. The van der Waals surface area contributed by atoms with Gasteiger partial charge in [0.25, 0.3) is 0 Å². The molecule has 0 aromatic carbocycles. The molecule has 14 heteroatoms. The van der Waals surface area contributed by atoms with Crippen molar-refractivity contribution in [1.82, 2.24) is 19.5 Å². The monoisotopic (exact) mass is 479 g/mol. The number of amides is 1. The summed E-state index contributed by atoms with van der Waals surface area (Å²) in [5.41, 5.74) is 0.542. The molecule has 0 saturated carbocycles. The van der Waals surface area contributed by atoms with Crippen LogP contribution < -0.4 is 5.32 Å². The van der Waals surface area contributed by atoms with Gasteiger partial charge in [-0.15, -0.1) is 0 Å². The number of rotatable bonds is 6. The van der Waals surface area contributed by atoms with Crippen molar-refractivity contribution in [2.75, 3.05) is 11.9 Å². The fraction of sp³-hybridized carbons (Fsp3) is 0.550. The number of carbonyl (C=O) groups excluding carboxylic acids is 4. The number of aromatic nitrogens is 4. The lowest BCUT2D eigenvalue weighted by atomic mass is 10.0. The van der Waals surface area contributed by atoms with Gasteiger partial charge < -0.3 is 29.4 Å². The molecule has 0 bridgehead atoms. The molecule has 5 atom stereocenters.